The van der Waals surface area contributed by atoms with Crippen LogP contribution in [0.1, 0.15) is 19.8 Å². The number of nitrogens with one attached hydrogen (secondary N) is 1. The third kappa shape index (κ3) is 2.87. The molecule has 1 aliphatic rings. The number of alkyl halides is 1. The van der Waals surface area contributed by atoms with E-state index < -0.39 is 0 Å². The summed E-state index contributed by atoms with van der Waals surface area (Å²) in [5.41, 5.74) is 0. The van der Waals surface area contributed by atoms with E-state index in [1.807, 2.05) is 0 Å². The Hall–Kier alpha value is -0.770. The van der Waals surface area contributed by atoms with E-state index in [4.69, 9.17) is 11.6 Å². The van der Waals surface area contributed by atoms with Crippen molar-refractivity contribution in [1.29, 1.82) is 0 Å². The standard InChI is InChI=1S/C9H15ClN2O2/c1-7(2-4-10)3-5-12-8(13)6-11-9(12)14/h7H,2-6H2,1H3,(H,11,14). The van der Waals surface area contributed by atoms with E-state index in [1.165, 1.54) is 4.90 Å². The molecular weight excluding hydrogens is 204 g/mol. The molecule has 0 bridgehead atoms. The summed E-state index contributed by atoms with van der Waals surface area (Å²) in [6.07, 6.45) is 1.75. The molecule has 4 nitrogen and oxygen atoms in total. The van der Waals surface area contributed by atoms with Gasteiger partial charge in [-0.15, -0.1) is 11.6 Å². The molecule has 1 rings (SSSR count). The normalized spacial score (nSPS) is 18.6. The van der Waals surface area contributed by atoms with Gasteiger partial charge in [0.15, 0.2) is 0 Å². The lowest BCUT2D eigenvalue weighted by Crippen LogP contribution is -2.32. The molecule has 1 fully saturated rings. The van der Waals surface area contributed by atoms with Crippen molar-refractivity contribution >= 4 is 23.5 Å². The van der Waals surface area contributed by atoms with Crippen molar-refractivity contribution in [3.63, 3.8) is 0 Å². The van der Waals surface area contributed by atoms with Gasteiger partial charge in [0.1, 0.15) is 0 Å². The van der Waals surface area contributed by atoms with Crippen LogP contribution >= 0.6 is 11.6 Å². The van der Waals surface area contributed by atoms with Crippen molar-refractivity contribution in [2.24, 2.45) is 5.92 Å². The molecule has 0 aromatic heterocycles. The third-order valence-electron chi connectivity index (χ3n) is 2.38. The van der Waals surface area contributed by atoms with Crippen LogP contribution in [0.25, 0.3) is 0 Å². The van der Waals surface area contributed by atoms with Crippen molar-refractivity contribution in [3.8, 4) is 0 Å². The average Bonchev–Trinajstić information content (AvgIpc) is 2.44. The van der Waals surface area contributed by atoms with E-state index in [0.29, 0.717) is 18.3 Å². The van der Waals surface area contributed by atoms with Gasteiger partial charge >= 0.3 is 6.03 Å². The Morgan fingerprint density at radius 3 is 2.71 bits per heavy atom. The maximum Gasteiger partial charge on any atom is 0.324 e. The smallest absolute Gasteiger partial charge is 0.324 e. The number of hydrogen-bond acceptors (Lipinski definition) is 2. The lowest BCUT2D eigenvalue weighted by molar-refractivity contribution is -0.125. The molecular formula is C9H15ClN2O2. The Morgan fingerprint density at radius 1 is 1.50 bits per heavy atom. The van der Waals surface area contributed by atoms with E-state index in [1.54, 1.807) is 0 Å². The second-order valence-corrected chi connectivity index (χ2v) is 3.95. The zero-order chi connectivity index (χ0) is 10.6. The predicted molar refractivity (Wildman–Crippen MR) is 54.2 cm³/mol. The van der Waals surface area contributed by atoms with E-state index >= 15 is 0 Å². The number of nitrogens with zero attached hydrogens (tertiary/aromatic N) is 1. The number of carbonyl (C=O) groups is 2. The zero-order valence-corrected chi connectivity index (χ0v) is 9.01. The fourth-order valence-corrected chi connectivity index (χ4v) is 1.73. The van der Waals surface area contributed by atoms with Crippen molar-refractivity contribution in [2.45, 2.75) is 19.8 Å². The molecule has 1 aliphatic heterocycles. The van der Waals surface area contributed by atoms with Crippen molar-refractivity contribution in [1.82, 2.24) is 10.2 Å². The van der Waals surface area contributed by atoms with Crippen LogP contribution in [-0.4, -0.2) is 35.8 Å². The van der Waals surface area contributed by atoms with Gasteiger partial charge in [0.05, 0.1) is 6.54 Å². The van der Waals surface area contributed by atoms with Gasteiger partial charge in [0.2, 0.25) is 5.91 Å². The van der Waals surface area contributed by atoms with Gasteiger partial charge < -0.3 is 5.32 Å². The summed E-state index contributed by atoms with van der Waals surface area (Å²) in [5.74, 6) is 0.947. The van der Waals surface area contributed by atoms with E-state index in [0.717, 1.165) is 12.8 Å². The first kappa shape index (κ1) is 11.3. The number of imide groups is 1. The fourth-order valence-electron chi connectivity index (χ4n) is 1.36. The minimum absolute atomic E-state index is 0.131. The van der Waals surface area contributed by atoms with Gasteiger partial charge in [-0.05, 0) is 18.8 Å². The summed E-state index contributed by atoms with van der Waals surface area (Å²) < 4.78 is 0. The first-order valence-electron chi connectivity index (χ1n) is 4.79. The Kier molecular flexibility index (Phi) is 4.20. The molecule has 0 radical (unpaired) electrons. The van der Waals surface area contributed by atoms with Crippen LogP contribution in [0.15, 0.2) is 0 Å². The third-order valence-corrected chi connectivity index (χ3v) is 2.60. The molecule has 3 amide bonds. The summed E-state index contributed by atoms with van der Waals surface area (Å²) in [6, 6.07) is -0.270. The maximum absolute atomic E-state index is 11.2. The Labute approximate surface area is 88.6 Å². The fraction of sp³-hybridized carbons (Fsp3) is 0.778. The molecule has 0 spiro atoms. The first-order chi connectivity index (χ1) is 6.65. The number of hydrogen-bond donors (Lipinski definition) is 1. The maximum atomic E-state index is 11.2. The molecule has 5 heteroatoms. The molecule has 1 atom stereocenters. The van der Waals surface area contributed by atoms with Crippen LogP contribution in [0.2, 0.25) is 0 Å². The van der Waals surface area contributed by atoms with Crippen LogP contribution < -0.4 is 5.32 Å². The second kappa shape index (κ2) is 5.20. The van der Waals surface area contributed by atoms with Gasteiger partial charge in [0, 0.05) is 12.4 Å². The van der Waals surface area contributed by atoms with Gasteiger partial charge in [0.25, 0.3) is 0 Å². The molecule has 0 aliphatic carbocycles. The SMILES string of the molecule is CC(CCCl)CCN1C(=O)CNC1=O. The Balaban J connectivity index is 2.30. The lowest BCUT2D eigenvalue weighted by atomic mass is 10.1. The molecule has 0 aromatic rings. The Morgan fingerprint density at radius 2 is 2.21 bits per heavy atom. The molecule has 80 valence electrons. The first-order valence-corrected chi connectivity index (χ1v) is 5.32. The van der Waals surface area contributed by atoms with E-state index in [2.05, 4.69) is 12.2 Å². The largest absolute Gasteiger partial charge is 0.329 e. The quantitative estimate of drug-likeness (QED) is 0.557. The highest BCUT2D eigenvalue weighted by atomic mass is 35.5. The van der Waals surface area contributed by atoms with E-state index in [9.17, 15) is 9.59 Å². The molecule has 1 N–H and O–H groups in total. The number of halogens is 1. The molecule has 0 saturated carbocycles. The van der Waals surface area contributed by atoms with Crippen LogP contribution in [0.4, 0.5) is 4.79 Å². The molecule has 0 aromatic carbocycles. The second-order valence-electron chi connectivity index (χ2n) is 3.58. The van der Waals surface area contributed by atoms with Gasteiger partial charge in [-0.3, -0.25) is 9.69 Å². The Bertz CT molecular complexity index is 217. The number of amides is 3. The van der Waals surface area contributed by atoms with Gasteiger partial charge in [-0.1, -0.05) is 6.92 Å². The summed E-state index contributed by atoms with van der Waals surface area (Å²) in [6.45, 7) is 2.71. The van der Waals surface area contributed by atoms with Crippen LogP contribution in [0, 0.1) is 5.92 Å². The van der Waals surface area contributed by atoms with Crippen molar-refractivity contribution < 1.29 is 9.59 Å². The summed E-state index contributed by atoms with van der Waals surface area (Å²) in [7, 11) is 0. The van der Waals surface area contributed by atoms with Gasteiger partial charge in [-0.2, -0.15) is 0 Å². The molecule has 1 saturated heterocycles. The van der Waals surface area contributed by atoms with Crippen LogP contribution in [0.3, 0.4) is 0 Å². The minimum Gasteiger partial charge on any atom is -0.329 e. The zero-order valence-electron chi connectivity index (χ0n) is 8.25. The highest BCUT2D eigenvalue weighted by Crippen LogP contribution is 2.10. The average molecular weight is 219 g/mol. The lowest BCUT2D eigenvalue weighted by Gasteiger charge is -2.15. The van der Waals surface area contributed by atoms with Crippen LogP contribution in [-0.2, 0) is 4.79 Å². The highest BCUT2D eigenvalue weighted by molar-refractivity contribution is 6.17. The summed E-state index contributed by atoms with van der Waals surface area (Å²) in [5, 5.41) is 2.49. The number of urea groups is 1. The van der Waals surface area contributed by atoms with E-state index in [-0.39, 0.29) is 18.5 Å². The monoisotopic (exact) mass is 218 g/mol. The number of rotatable bonds is 5. The molecule has 14 heavy (non-hydrogen) atoms. The topological polar surface area (TPSA) is 49.4 Å². The molecule has 1 unspecified atom stereocenters. The number of carbonyl (C=O) groups excluding carboxylic acids is 2. The van der Waals surface area contributed by atoms with Gasteiger partial charge in [-0.25, -0.2) is 4.79 Å². The predicted octanol–water partition coefficient (Wildman–Crippen LogP) is 1.19. The van der Waals surface area contributed by atoms with Crippen LogP contribution in [0.5, 0.6) is 0 Å². The minimum atomic E-state index is -0.270. The summed E-state index contributed by atoms with van der Waals surface area (Å²) in [4.78, 5) is 23.6. The van der Waals surface area contributed by atoms with Crippen molar-refractivity contribution in [3.05, 3.63) is 0 Å². The van der Waals surface area contributed by atoms with Crippen molar-refractivity contribution in [2.75, 3.05) is 19.0 Å². The summed E-state index contributed by atoms with van der Waals surface area (Å²) >= 11 is 5.59. The highest BCUT2D eigenvalue weighted by Gasteiger charge is 2.27. The molecule has 1 heterocycles.